The van der Waals surface area contributed by atoms with Gasteiger partial charge >= 0.3 is 0 Å². The molecule has 0 bridgehead atoms. The molecule has 5 rings (SSSR count). The van der Waals surface area contributed by atoms with Gasteiger partial charge in [0.05, 0.1) is 21.6 Å². The van der Waals surface area contributed by atoms with Gasteiger partial charge in [-0.25, -0.2) is 8.42 Å². The minimum atomic E-state index is -4.36. The van der Waals surface area contributed by atoms with Crippen molar-refractivity contribution in [2.24, 2.45) is 0 Å². The van der Waals surface area contributed by atoms with Crippen LogP contribution in [0.25, 0.3) is 27.4 Å². The normalized spacial score (nSPS) is 14.9. The fourth-order valence-corrected chi connectivity index (χ4v) is 7.05. The second kappa shape index (κ2) is 12.4. The highest BCUT2D eigenvalue weighted by Crippen LogP contribution is 2.42. The van der Waals surface area contributed by atoms with Crippen LogP contribution in [0.15, 0.2) is 90.3 Å². The largest absolute Gasteiger partial charge is 0.748 e. The van der Waals surface area contributed by atoms with Crippen LogP contribution in [0.5, 0.6) is 5.75 Å². The Morgan fingerprint density at radius 1 is 0.976 bits per heavy atom. The Morgan fingerprint density at radius 3 is 2.45 bits per heavy atom. The average Bonchev–Trinajstić information content (AvgIpc) is 3.44. The molecule has 0 radical (unpaired) electrons. The number of fused-ring (bicyclic) bond motifs is 2. The molecule has 0 amide bonds. The Kier molecular flexibility index (Phi) is 8.81. The van der Waals surface area contributed by atoms with Crippen LogP contribution in [0, 0.1) is 0 Å². The molecule has 1 aliphatic rings. The van der Waals surface area contributed by atoms with Crippen molar-refractivity contribution in [3.8, 4) is 16.9 Å². The van der Waals surface area contributed by atoms with Crippen LogP contribution >= 0.6 is 11.3 Å². The van der Waals surface area contributed by atoms with Crippen LogP contribution in [0.2, 0.25) is 0 Å². The number of hydrogen-bond acceptors (Lipinski definition) is 8. The lowest BCUT2D eigenvalue weighted by molar-refractivity contribution is -0.668. The Bertz CT molecular complexity index is 1880. The highest BCUT2D eigenvalue weighted by Gasteiger charge is 2.27. The van der Waals surface area contributed by atoms with E-state index in [2.05, 4.69) is 0 Å². The summed E-state index contributed by atoms with van der Waals surface area (Å²) < 4.78 is 75.0. The second-order valence-electron chi connectivity index (χ2n) is 9.99. The Labute approximate surface area is 249 Å². The third-order valence-corrected chi connectivity index (χ3v) is 9.44. The molecule has 0 spiro atoms. The zero-order valence-electron chi connectivity index (χ0n) is 22.8. The first-order valence-electron chi connectivity index (χ1n) is 13.3. The van der Waals surface area contributed by atoms with Crippen LogP contribution in [0.4, 0.5) is 5.69 Å². The summed E-state index contributed by atoms with van der Waals surface area (Å²) in [4.78, 5) is 1.88. The van der Waals surface area contributed by atoms with Crippen molar-refractivity contribution in [1.82, 2.24) is 0 Å². The van der Waals surface area contributed by atoms with Gasteiger partial charge in [0, 0.05) is 36.9 Å². The lowest BCUT2D eigenvalue weighted by atomic mass is 10.0. The number of aromatic nitrogens is 1. The number of rotatable bonds is 11. The molecular formula is C30H30N2O7S3. The van der Waals surface area contributed by atoms with E-state index in [-0.39, 0.29) is 25.1 Å². The summed E-state index contributed by atoms with van der Waals surface area (Å²) in [6, 6.07) is 23.5. The van der Waals surface area contributed by atoms with Crippen LogP contribution in [0.1, 0.15) is 24.8 Å². The van der Waals surface area contributed by atoms with Gasteiger partial charge in [-0.3, -0.25) is 4.55 Å². The maximum atomic E-state index is 11.3. The molecule has 9 nitrogen and oxygen atoms in total. The van der Waals surface area contributed by atoms with E-state index < -0.39 is 26.0 Å². The summed E-state index contributed by atoms with van der Waals surface area (Å²) in [6.45, 7) is 2.59. The van der Waals surface area contributed by atoms with Gasteiger partial charge in [-0.05, 0) is 48.2 Å². The van der Waals surface area contributed by atoms with Crippen molar-refractivity contribution in [1.29, 1.82) is 0 Å². The number of thiazole rings is 1. The Hall–Kier alpha value is -3.55. The average molecular weight is 627 g/mol. The van der Waals surface area contributed by atoms with Gasteiger partial charge in [0.25, 0.3) is 15.1 Å². The van der Waals surface area contributed by atoms with E-state index in [0.717, 1.165) is 37.6 Å². The minimum absolute atomic E-state index is 0.133. The third-order valence-electron chi connectivity index (χ3n) is 6.74. The summed E-state index contributed by atoms with van der Waals surface area (Å²) in [7, 11) is -8.43. The molecule has 0 unspecified atom stereocenters. The molecular weight excluding hydrogens is 597 g/mol. The molecule has 1 aromatic heterocycles. The molecule has 0 saturated heterocycles. The molecule has 1 N–H and O–H groups in total. The SMILES string of the molecule is CC(/C=C1\Oc2ccc(-c3ccccc3)cc2N1CCCS(=O)(=O)[O-])=C\c1sc2ccccc2[n+]1CCCS(=O)(=O)O. The molecule has 2 heterocycles. The summed E-state index contributed by atoms with van der Waals surface area (Å²) in [5.41, 5.74) is 4.59. The predicted molar refractivity (Wildman–Crippen MR) is 164 cm³/mol. The van der Waals surface area contributed by atoms with Crippen LogP contribution in [0.3, 0.4) is 0 Å². The lowest BCUT2D eigenvalue weighted by Gasteiger charge is -2.19. The van der Waals surface area contributed by atoms with Crippen molar-refractivity contribution in [2.45, 2.75) is 26.3 Å². The fourth-order valence-electron chi connectivity index (χ4n) is 4.88. The summed E-state index contributed by atoms with van der Waals surface area (Å²) in [6.07, 6.45) is 4.23. The molecule has 42 heavy (non-hydrogen) atoms. The number of hydrogen-bond donors (Lipinski definition) is 1. The minimum Gasteiger partial charge on any atom is -0.748 e. The molecule has 3 aromatic carbocycles. The topological polar surface area (TPSA) is 128 Å². The highest BCUT2D eigenvalue weighted by molar-refractivity contribution is 7.85. The first kappa shape index (κ1) is 29.9. The zero-order valence-corrected chi connectivity index (χ0v) is 25.3. The molecule has 220 valence electrons. The predicted octanol–water partition coefficient (Wildman–Crippen LogP) is 5.21. The molecule has 0 atom stereocenters. The summed E-state index contributed by atoms with van der Waals surface area (Å²) in [5, 5.41) is 0.895. The third kappa shape index (κ3) is 7.44. The van der Waals surface area contributed by atoms with Crippen molar-refractivity contribution >= 4 is 53.6 Å². The number of para-hydroxylation sites is 1. The molecule has 1 aliphatic heterocycles. The fraction of sp³-hybridized carbons (Fsp3) is 0.233. The Morgan fingerprint density at radius 2 is 1.71 bits per heavy atom. The van der Waals surface area contributed by atoms with Crippen LogP contribution < -0.4 is 14.2 Å². The van der Waals surface area contributed by atoms with Crippen molar-refractivity contribution in [3.63, 3.8) is 0 Å². The first-order chi connectivity index (χ1) is 20.0. The van der Waals surface area contributed by atoms with Crippen molar-refractivity contribution < 1.29 is 35.2 Å². The lowest BCUT2D eigenvalue weighted by Crippen LogP contribution is -2.36. The number of nitrogens with zero attached hydrogens (tertiary/aromatic N) is 2. The molecule has 0 aliphatic carbocycles. The van der Waals surface area contributed by atoms with Crippen LogP contribution in [-0.2, 0) is 26.8 Å². The summed E-state index contributed by atoms with van der Waals surface area (Å²) >= 11 is 1.56. The number of aryl methyl sites for hydroxylation is 1. The van der Waals surface area contributed by atoms with E-state index in [1.807, 2.05) is 101 Å². The monoisotopic (exact) mass is 626 g/mol. The van der Waals surface area contributed by atoms with Gasteiger partial charge in [-0.2, -0.15) is 13.0 Å². The standard InChI is InChI=1S/C30H30N2O7S3/c1-22(20-30-32(16-8-18-42(36,37)38)25-11-5-6-12-28(25)40-30)19-29-31(15-7-17-41(33,34)35)26-21-24(13-14-27(26)39-29)23-9-3-2-4-10-23/h2-6,9-14,19-21H,7-8,15-18H2,1H3,(H-,33,34,35,36,37,38). The van der Waals surface area contributed by atoms with E-state index >= 15 is 0 Å². The smallest absolute Gasteiger partial charge is 0.265 e. The zero-order chi connectivity index (χ0) is 29.9. The van der Waals surface area contributed by atoms with Gasteiger partial charge in [-0.15, -0.1) is 0 Å². The molecule has 4 aromatic rings. The number of anilines is 1. The molecule has 12 heteroatoms. The van der Waals surface area contributed by atoms with Gasteiger partial charge in [0.15, 0.2) is 12.3 Å². The van der Waals surface area contributed by atoms with Gasteiger partial charge in [-0.1, -0.05) is 59.9 Å². The quantitative estimate of drug-likeness (QED) is 0.178. The number of allylic oxidation sites excluding steroid dienone is 2. The second-order valence-corrected chi connectivity index (χ2v) is 14.1. The van der Waals surface area contributed by atoms with E-state index in [1.54, 1.807) is 11.3 Å². The van der Waals surface area contributed by atoms with Gasteiger partial charge < -0.3 is 14.2 Å². The maximum absolute atomic E-state index is 11.3. The van der Waals surface area contributed by atoms with E-state index in [0.29, 0.717) is 18.2 Å². The Balaban J connectivity index is 1.48. The number of ether oxygens (including phenoxy) is 1. The van der Waals surface area contributed by atoms with E-state index in [1.165, 1.54) is 0 Å². The van der Waals surface area contributed by atoms with E-state index in [9.17, 15) is 25.9 Å². The maximum Gasteiger partial charge on any atom is 0.265 e. The van der Waals surface area contributed by atoms with Crippen molar-refractivity contribution in [3.05, 3.63) is 95.3 Å². The van der Waals surface area contributed by atoms with Gasteiger partial charge in [0.2, 0.25) is 11.4 Å². The van der Waals surface area contributed by atoms with Gasteiger partial charge in [0.1, 0.15) is 4.70 Å². The van der Waals surface area contributed by atoms with Crippen molar-refractivity contribution in [2.75, 3.05) is 23.0 Å². The summed E-state index contributed by atoms with van der Waals surface area (Å²) in [5.74, 6) is 0.318. The molecule has 0 fully saturated rings. The highest BCUT2D eigenvalue weighted by atomic mass is 32.2. The van der Waals surface area contributed by atoms with Crippen LogP contribution in [-0.4, -0.2) is 44.0 Å². The number of benzene rings is 3. The first-order valence-corrected chi connectivity index (χ1v) is 17.3. The van der Waals surface area contributed by atoms with E-state index in [4.69, 9.17) is 4.74 Å². The molecule has 0 saturated carbocycles.